The molecule has 0 radical (unpaired) electrons. The molecular formula is C15H17BrFNO2. The van der Waals surface area contributed by atoms with E-state index in [0.717, 1.165) is 11.1 Å². The number of hydrogen-bond donors (Lipinski definition) is 0. The molecule has 1 aromatic carbocycles. The molecule has 1 heterocycles. The van der Waals surface area contributed by atoms with Gasteiger partial charge in [-0.3, -0.25) is 0 Å². The van der Waals surface area contributed by atoms with Crippen LogP contribution < -0.4 is 0 Å². The highest BCUT2D eigenvalue weighted by molar-refractivity contribution is 9.10. The third-order valence-electron chi connectivity index (χ3n) is 2.75. The van der Waals surface area contributed by atoms with Crippen LogP contribution in [0.2, 0.25) is 0 Å². The Hall–Kier alpha value is -1.36. The number of carbonyl (C=O) groups excluding carboxylic acids is 1. The van der Waals surface area contributed by atoms with Gasteiger partial charge in [0.15, 0.2) is 0 Å². The minimum Gasteiger partial charge on any atom is -0.444 e. The molecule has 0 bridgehead atoms. The highest BCUT2D eigenvalue weighted by atomic mass is 79.9. The second kappa shape index (κ2) is 5.56. The second-order valence-corrected chi connectivity index (χ2v) is 6.67. The van der Waals surface area contributed by atoms with E-state index in [9.17, 15) is 9.18 Å². The predicted molar refractivity (Wildman–Crippen MR) is 79.9 cm³/mol. The summed E-state index contributed by atoms with van der Waals surface area (Å²) in [5.41, 5.74) is 1.40. The van der Waals surface area contributed by atoms with Crippen LogP contribution in [0.1, 0.15) is 26.3 Å². The minimum absolute atomic E-state index is 0.289. The number of benzene rings is 1. The number of rotatable bonds is 1. The summed E-state index contributed by atoms with van der Waals surface area (Å²) in [7, 11) is 0. The van der Waals surface area contributed by atoms with E-state index in [0.29, 0.717) is 17.6 Å². The van der Waals surface area contributed by atoms with Gasteiger partial charge in [0, 0.05) is 13.1 Å². The zero-order chi connectivity index (χ0) is 14.9. The lowest BCUT2D eigenvalue weighted by Gasteiger charge is -2.35. The number of likely N-dealkylation sites (tertiary alicyclic amines) is 1. The van der Waals surface area contributed by atoms with Crippen molar-refractivity contribution < 1.29 is 13.9 Å². The van der Waals surface area contributed by atoms with Crippen molar-refractivity contribution in [3.05, 3.63) is 39.6 Å². The maximum atomic E-state index is 13.4. The van der Waals surface area contributed by atoms with Gasteiger partial charge in [-0.2, -0.15) is 0 Å². The lowest BCUT2D eigenvalue weighted by molar-refractivity contribution is 0.0216. The van der Waals surface area contributed by atoms with Crippen molar-refractivity contribution in [2.75, 3.05) is 13.1 Å². The van der Waals surface area contributed by atoms with Crippen molar-refractivity contribution in [1.82, 2.24) is 4.90 Å². The maximum Gasteiger partial charge on any atom is 0.410 e. The Bertz CT molecular complexity index is 555. The van der Waals surface area contributed by atoms with Crippen LogP contribution in [-0.4, -0.2) is 29.7 Å². The fourth-order valence-corrected chi connectivity index (χ4v) is 2.08. The van der Waals surface area contributed by atoms with Crippen molar-refractivity contribution in [1.29, 1.82) is 0 Å². The topological polar surface area (TPSA) is 29.5 Å². The number of ether oxygens (including phenoxy) is 1. The number of nitrogens with zero attached hydrogens (tertiary/aromatic N) is 1. The average molecular weight is 342 g/mol. The van der Waals surface area contributed by atoms with E-state index in [4.69, 9.17) is 4.74 Å². The Labute approximate surface area is 126 Å². The highest BCUT2D eigenvalue weighted by Crippen LogP contribution is 2.23. The number of hydrogen-bond acceptors (Lipinski definition) is 2. The van der Waals surface area contributed by atoms with Gasteiger partial charge in [0.2, 0.25) is 0 Å². The van der Waals surface area contributed by atoms with Gasteiger partial charge in [-0.15, -0.1) is 0 Å². The molecule has 0 atom stereocenters. The molecule has 0 aromatic heterocycles. The predicted octanol–water partition coefficient (Wildman–Crippen LogP) is 4.22. The summed E-state index contributed by atoms with van der Waals surface area (Å²) in [6, 6.07) is 4.97. The van der Waals surface area contributed by atoms with Crippen molar-refractivity contribution >= 4 is 28.1 Å². The van der Waals surface area contributed by atoms with Crippen LogP contribution in [0, 0.1) is 5.82 Å². The zero-order valence-corrected chi connectivity index (χ0v) is 13.3. The summed E-state index contributed by atoms with van der Waals surface area (Å²) in [6.07, 6.45) is 1.59. The van der Waals surface area contributed by atoms with E-state index in [1.165, 1.54) is 6.07 Å². The molecule has 0 aliphatic carbocycles. The van der Waals surface area contributed by atoms with E-state index in [1.807, 2.05) is 32.9 Å². The lowest BCUT2D eigenvalue weighted by Crippen LogP contribution is -2.46. The summed E-state index contributed by atoms with van der Waals surface area (Å²) in [6.45, 7) is 6.59. The molecule has 20 heavy (non-hydrogen) atoms. The third kappa shape index (κ3) is 3.82. The molecule has 5 heteroatoms. The molecule has 0 unspecified atom stereocenters. The molecule has 0 saturated carbocycles. The van der Waals surface area contributed by atoms with Crippen LogP contribution in [0.15, 0.2) is 28.2 Å². The van der Waals surface area contributed by atoms with E-state index in [-0.39, 0.29) is 11.9 Å². The van der Waals surface area contributed by atoms with Gasteiger partial charge in [0.1, 0.15) is 11.4 Å². The molecule has 1 saturated heterocycles. The molecule has 1 aromatic rings. The lowest BCUT2D eigenvalue weighted by atomic mass is 10.0. The smallest absolute Gasteiger partial charge is 0.410 e. The Balaban J connectivity index is 1.94. The monoisotopic (exact) mass is 341 g/mol. The quantitative estimate of drug-likeness (QED) is 0.765. The van der Waals surface area contributed by atoms with Gasteiger partial charge in [-0.25, -0.2) is 9.18 Å². The molecule has 1 amide bonds. The van der Waals surface area contributed by atoms with Crippen LogP contribution in [0.25, 0.3) is 6.08 Å². The maximum absolute atomic E-state index is 13.4. The van der Waals surface area contributed by atoms with Crippen molar-refractivity contribution in [3.63, 3.8) is 0 Å². The average Bonchev–Trinajstić information content (AvgIpc) is 2.25. The second-order valence-electron chi connectivity index (χ2n) is 5.81. The Morgan fingerprint density at radius 1 is 1.40 bits per heavy atom. The Morgan fingerprint density at radius 3 is 2.60 bits per heavy atom. The van der Waals surface area contributed by atoms with Crippen molar-refractivity contribution in [2.45, 2.75) is 26.4 Å². The van der Waals surface area contributed by atoms with Crippen molar-refractivity contribution in [2.24, 2.45) is 0 Å². The molecule has 0 spiro atoms. The molecule has 1 aliphatic heterocycles. The van der Waals surface area contributed by atoms with E-state index < -0.39 is 5.60 Å². The fraction of sp³-hybridized carbons (Fsp3) is 0.400. The Morgan fingerprint density at radius 2 is 2.05 bits per heavy atom. The van der Waals surface area contributed by atoms with Gasteiger partial charge in [0.05, 0.1) is 4.47 Å². The summed E-state index contributed by atoms with van der Waals surface area (Å²) < 4.78 is 19.1. The van der Waals surface area contributed by atoms with Gasteiger partial charge in [-0.05, 0) is 60.0 Å². The first-order valence-corrected chi connectivity index (χ1v) is 7.16. The van der Waals surface area contributed by atoms with E-state index >= 15 is 0 Å². The van der Waals surface area contributed by atoms with E-state index in [1.54, 1.807) is 11.0 Å². The van der Waals surface area contributed by atoms with Gasteiger partial charge >= 0.3 is 6.09 Å². The number of carbonyl (C=O) groups is 1. The normalized spacial score (nSPS) is 14.8. The molecular weight excluding hydrogens is 325 g/mol. The van der Waals surface area contributed by atoms with Crippen LogP contribution in [-0.2, 0) is 4.74 Å². The van der Waals surface area contributed by atoms with Crippen LogP contribution in [0.4, 0.5) is 9.18 Å². The molecule has 3 nitrogen and oxygen atoms in total. The molecule has 1 fully saturated rings. The third-order valence-corrected chi connectivity index (χ3v) is 3.40. The standard InChI is InChI=1S/C15H17BrFNO2/c1-15(2,3)20-14(19)18-8-11(9-18)6-10-4-5-12(16)13(17)7-10/h4-7H,8-9H2,1-3H3. The highest BCUT2D eigenvalue weighted by Gasteiger charge is 2.29. The van der Waals surface area contributed by atoms with Crippen molar-refractivity contribution in [3.8, 4) is 0 Å². The summed E-state index contributed by atoms with van der Waals surface area (Å²) >= 11 is 3.12. The molecule has 108 valence electrons. The van der Waals surface area contributed by atoms with Gasteiger partial charge < -0.3 is 9.64 Å². The van der Waals surface area contributed by atoms with Gasteiger partial charge in [-0.1, -0.05) is 12.1 Å². The minimum atomic E-state index is -0.481. The Kier molecular flexibility index (Phi) is 4.18. The summed E-state index contributed by atoms with van der Waals surface area (Å²) in [5, 5.41) is 0. The van der Waals surface area contributed by atoms with Crippen LogP contribution in [0.3, 0.4) is 0 Å². The number of amides is 1. The first kappa shape index (κ1) is 15.0. The van der Waals surface area contributed by atoms with Gasteiger partial charge in [0.25, 0.3) is 0 Å². The summed E-state index contributed by atoms with van der Waals surface area (Å²) in [4.78, 5) is 13.4. The SMILES string of the molecule is CC(C)(C)OC(=O)N1CC(=Cc2ccc(Br)c(F)c2)C1. The first-order valence-electron chi connectivity index (χ1n) is 6.37. The molecule has 2 rings (SSSR count). The van der Waals surface area contributed by atoms with Crippen LogP contribution in [0.5, 0.6) is 0 Å². The summed E-state index contributed by atoms with van der Waals surface area (Å²) in [5.74, 6) is -0.289. The fourth-order valence-electron chi connectivity index (χ4n) is 1.83. The molecule has 0 N–H and O–H groups in total. The zero-order valence-electron chi connectivity index (χ0n) is 11.7. The largest absolute Gasteiger partial charge is 0.444 e. The molecule has 1 aliphatic rings. The number of halogens is 2. The first-order chi connectivity index (χ1) is 9.24. The van der Waals surface area contributed by atoms with Crippen LogP contribution >= 0.6 is 15.9 Å². The van der Waals surface area contributed by atoms with E-state index in [2.05, 4.69) is 15.9 Å².